The number of fused-ring (bicyclic) bond motifs is 1. The summed E-state index contributed by atoms with van der Waals surface area (Å²) in [6.07, 6.45) is 0. The summed E-state index contributed by atoms with van der Waals surface area (Å²) in [4.78, 5) is 24.4. The fourth-order valence-electron chi connectivity index (χ4n) is 2.23. The first-order valence-corrected chi connectivity index (χ1v) is 7.27. The first kappa shape index (κ1) is 15.9. The van der Waals surface area contributed by atoms with Crippen molar-refractivity contribution in [2.24, 2.45) is 0 Å². The van der Waals surface area contributed by atoms with E-state index >= 15 is 0 Å². The van der Waals surface area contributed by atoms with Gasteiger partial charge in [-0.1, -0.05) is 11.6 Å². The number of anilines is 1. The quantitative estimate of drug-likeness (QED) is 0.710. The molecule has 0 radical (unpaired) electrons. The largest absolute Gasteiger partial charge is 0.508 e. The van der Waals surface area contributed by atoms with Crippen LogP contribution in [-0.4, -0.2) is 18.1 Å². The van der Waals surface area contributed by atoms with Gasteiger partial charge in [-0.25, -0.2) is 4.79 Å². The van der Waals surface area contributed by atoms with Gasteiger partial charge in [0.2, 0.25) is 0 Å². The van der Waals surface area contributed by atoms with Crippen LogP contribution in [0.3, 0.4) is 0 Å². The number of rotatable bonds is 3. The Hall–Kier alpha value is -2.99. The molecule has 1 heterocycles. The average molecular weight is 346 g/mol. The average Bonchev–Trinajstić information content (AvgIpc) is 2.54. The van der Waals surface area contributed by atoms with Gasteiger partial charge in [0.15, 0.2) is 0 Å². The number of carbonyl (C=O) groups is 1. The minimum absolute atomic E-state index is 0.0356. The Balaban J connectivity index is 2.00. The molecule has 0 unspecified atom stereocenters. The maximum Gasteiger partial charge on any atom is 0.349 e. The second-order valence-corrected chi connectivity index (χ2v) is 5.40. The van der Waals surface area contributed by atoms with Gasteiger partial charge in [-0.3, -0.25) is 4.79 Å². The summed E-state index contributed by atoms with van der Waals surface area (Å²) >= 11 is 5.92. The standard InChI is InChI=1S/C17H12ClNO5/c1-23-14-5-3-10(18)7-13(14)19-16(21)12-6-9-2-4-11(20)8-15(9)24-17(12)22/h2-8,20H,1H3,(H,19,21). The van der Waals surface area contributed by atoms with Crippen LogP contribution < -0.4 is 15.7 Å². The predicted octanol–water partition coefficient (Wildman–Crippen LogP) is 3.41. The van der Waals surface area contributed by atoms with Crippen molar-refractivity contribution in [3.05, 3.63) is 63.5 Å². The summed E-state index contributed by atoms with van der Waals surface area (Å²) in [6.45, 7) is 0. The lowest BCUT2D eigenvalue weighted by molar-refractivity contribution is 0.102. The van der Waals surface area contributed by atoms with E-state index in [4.69, 9.17) is 20.8 Å². The molecule has 1 amide bonds. The fraction of sp³-hybridized carbons (Fsp3) is 0.0588. The van der Waals surface area contributed by atoms with E-state index < -0.39 is 11.5 Å². The molecule has 0 saturated carbocycles. The van der Waals surface area contributed by atoms with E-state index in [9.17, 15) is 14.7 Å². The normalized spacial score (nSPS) is 10.6. The summed E-state index contributed by atoms with van der Waals surface area (Å²) in [5.74, 6) is -0.284. The highest BCUT2D eigenvalue weighted by molar-refractivity contribution is 6.31. The van der Waals surface area contributed by atoms with Crippen LogP contribution in [0.2, 0.25) is 5.02 Å². The fourth-order valence-corrected chi connectivity index (χ4v) is 2.40. The van der Waals surface area contributed by atoms with Crippen molar-refractivity contribution >= 4 is 34.2 Å². The maximum atomic E-state index is 12.4. The van der Waals surface area contributed by atoms with Crippen LogP contribution in [0.15, 0.2) is 51.7 Å². The lowest BCUT2D eigenvalue weighted by Gasteiger charge is -2.10. The molecule has 0 aliphatic rings. The lowest BCUT2D eigenvalue weighted by Crippen LogP contribution is -2.21. The number of aromatic hydroxyl groups is 1. The van der Waals surface area contributed by atoms with Gasteiger partial charge in [0.1, 0.15) is 22.6 Å². The van der Waals surface area contributed by atoms with E-state index in [1.54, 1.807) is 18.2 Å². The van der Waals surface area contributed by atoms with E-state index in [0.717, 1.165) is 0 Å². The van der Waals surface area contributed by atoms with Gasteiger partial charge in [-0.2, -0.15) is 0 Å². The molecule has 0 atom stereocenters. The second kappa shape index (κ2) is 6.25. The Morgan fingerprint density at radius 3 is 2.75 bits per heavy atom. The first-order valence-electron chi connectivity index (χ1n) is 6.89. The molecule has 3 rings (SSSR count). The molecule has 0 spiro atoms. The molecule has 0 fully saturated rings. The first-order chi connectivity index (χ1) is 11.5. The predicted molar refractivity (Wildman–Crippen MR) is 90.1 cm³/mol. The number of methoxy groups -OCH3 is 1. The number of halogens is 1. The molecule has 0 aliphatic heterocycles. The summed E-state index contributed by atoms with van der Waals surface area (Å²) < 4.78 is 10.2. The third-order valence-corrected chi connectivity index (χ3v) is 3.61. The van der Waals surface area contributed by atoms with Crippen molar-refractivity contribution in [1.29, 1.82) is 0 Å². The van der Waals surface area contributed by atoms with Crippen LogP contribution in [0, 0.1) is 0 Å². The van der Waals surface area contributed by atoms with Crippen molar-refractivity contribution in [3.63, 3.8) is 0 Å². The Morgan fingerprint density at radius 1 is 1.21 bits per heavy atom. The van der Waals surface area contributed by atoms with E-state index in [1.165, 1.54) is 31.4 Å². The Kier molecular flexibility index (Phi) is 4.14. The zero-order chi connectivity index (χ0) is 17.3. The van der Waals surface area contributed by atoms with Crippen LogP contribution in [0.4, 0.5) is 5.69 Å². The smallest absolute Gasteiger partial charge is 0.349 e. The number of hydrogen-bond donors (Lipinski definition) is 2. The molecular formula is C17H12ClNO5. The van der Waals surface area contributed by atoms with E-state index in [1.807, 2.05) is 0 Å². The van der Waals surface area contributed by atoms with Crippen molar-refractivity contribution in [1.82, 2.24) is 0 Å². The van der Waals surface area contributed by atoms with E-state index in [0.29, 0.717) is 21.8 Å². The van der Waals surface area contributed by atoms with E-state index in [2.05, 4.69) is 5.32 Å². The number of hydrogen-bond acceptors (Lipinski definition) is 5. The summed E-state index contributed by atoms with van der Waals surface area (Å²) in [6, 6.07) is 10.4. The van der Waals surface area contributed by atoms with Gasteiger partial charge in [0.25, 0.3) is 5.91 Å². The van der Waals surface area contributed by atoms with Gasteiger partial charge in [-0.15, -0.1) is 0 Å². The zero-order valence-corrected chi connectivity index (χ0v) is 13.3. The number of nitrogens with one attached hydrogen (secondary N) is 1. The lowest BCUT2D eigenvalue weighted by atomic mass is 10.1. The number of ether oxygens (including phenoxy) is 1. The number of carbonyl (C=O) groups excluding carboxylic acids is 1. The highest BCUT2D eigenvalue weighted by Gasteiger charge is 2.16. The van der Waals surface area contributed by atoms with Crippen LogP contribution >= 0.6 is 11.6 Å². The SMILES string of the molecule is COc1ccc(Cl)cc1NC(=O)c1cc2ccc(O)cc2oc1=O. The molecule has 3 aromatic rings. The number of amides is 1. The second-order valence-electron chi connectivity index (χ2n) is 4.97. The molecule has 2 aromatic carbocycles. The third-order valence-electron chi connectivity index (χ3n) is 3.37. The van der Waals surface area contributed by atoms with Gasteiger partial charge in [0.05, 0.1) is 12.8 Å². The highest BCUT2D eigenvalue weighted by Crippen LogP contribution is 2.28. The maximum absolute atomic E-state index is 12.4. The number of phenolic OH excluding ortho intramolecular Hbond substituents is 1. The Morgan fingerprint density at radius 2 is 2.00 bits per heavy atom. The molecule has 24 heavy (non-hydrogen) atoms. The van der Waals surface area contributed by atoms with Crippen LogP contribution in [-0.2, 0) is 0 Å². The number of phenols is 1. The van der Waals surface area contributed by atoms with Gasteiger partial charge in [-0.05, 0) is 36.4 Å². The van der Waals surface area contributed by atoms with Crippen LogP contribution in [0.1, 0.15) is 10.4 Å². The summed E-state index contributed by atoms with van der Waals surface area (Å²) in [5, 5.41) is 12.9. The zero-order valence-electron chi connectivity index (χ0n) is 12.5. The molecule has 0 bridgehead atoms. The van der Waals surface area contributed by atoms with Gasteiger partial charge in [0, 0.05) is 16.5 Å². The van der Waals surface area contributed by atoms with Gasteiger partial charge < -0.3 is 19.6 Å². The van der Waals surface area contributed by atoms with Crippen molar-refractivity contribution in [2.45, 2.75) is 0 Å². The van der Waals surface area contributed by atoms with Crippen molar-refractivity contribution in [3.8, 4) is 11.5 Å². The molecule has 122 valence electrons. The summed E-state index contributed by atoms with van der Waals surface area (Å²) in [5.41, 5.74) is -0.459. The molecule has 7 heteroatoms. The monoisotopic (exact) mass is 345 g/mol. The minimum Gasteiger partial charge on any atom is -0.508 e. The minimum atomic E-state index is -0.813. The number of benzene rings is 2. The molecule has 2 N–H and O–H groups in total. The van der Waals surface area contributed by atoms with Crippen LogP contribution in [0.25, 0.3) is 11.0 Å². The molecule has 1 aromatic heterocycles. The summed E-state index contributed by atoms with van der Waals surface area (Å²) in [7, 11) is 1.45. The van der Waals surface area contributed by atoms with E-state index in [-0.39, 0.29) is 16.9 Å². The molecule has 6 nitrogen and oxygen atoms in total. The highest BCUT2D eigenvalue weighted by atomic mass is 35.5. The van der Waals surface area contributed by atoms with Crippen LogP contribution in [0.5, 0.6) is 11.5 Å². The molecule has 0 saturated heterocycles. The Labute approximate surface area is 141 Å². The third kappa shape index (κ3) is 3.04. The van der Waals surface area contributed by atoms with Crippen molar-refractivity contribution < 1.29 is 19.1 Å². The molecule has 0 aliphatic carbocycles. The van der Waals surface area contributed by atoms with Crippen molar-refractivity contribution in [2.75, 3.05) is 12.4 Å². The molecular weight excluding hydrogens is 334 g/mol. The Bertz CT molecular complexity index is 996. The topological polar surface area (TPSA) is 88.8 Å². The van der Waals surface area contributed by atoms with Gasteiger partial charge >= 0.3 is 5.63 Å².